The molecule has 130 valence electrons. The Kier molecular flexibility index (Phi) is 5.17. The number of carbonyl (C=O) groups excluding carboxylic acids is 2. The van der Waals surface area contributed by atoms with Gasteiger partial charge in [0.2, 0.25) is 11.8 Å². The van der Waals surface area contributed by atoms with Crippen LogP contribution in [0.15, 0.2) is 60.7 Å². The SMILES string of the molecule is CC(C)C1NC(=O)C(Cc2ccccc2)N(Cc2ccccc2)C1=O. The van der Waals surface area contributed by atoms with Crippen molar-refractivity contribution in [2.75, 3.05) is 0 Å². The van der Waals surface area contributed by atoms with E-state index in [0.29, 0.717) is 13.0 Å². The third-order valence-electron chi connectivity index (χ3n) is 4.66. The number of nitrogens with one attached hydrogen (secondary N) is 1. The minimum atomic E-state index is -0.481. The maximum Gasteiger partial charge on any atom is 0.246 e. The van der Waals surface area contributed by atoms with Crippen LogP contribution in [0.5, 0.6) is 0 Å². The van der Waals surface area contributed by atoms with Crippen LogP contribution in [0.25, 0.3) is 0 Å². The average Bonchev–Trinajstić information content (AvgIpc) is 2.62. The van der Waals surface area contributed by atoms with E-state index >= 15 is 0 Å². The maximum absolute atomic E-state index is 13.0. The lowest BCUT2D eigenvalue weighted by Gasteiger charge is -2.40. The van der Waals surface area contributed by atoms with Gasteiger partial charge in [0, 0.05) is 13.0 Å². The molecule has 1 N–H and O–H groups in total. The highest BCUT2D eigenvalue weighted by atomic mass is 16.2. The molecule has 1 fully saturated rings. The van der Waals surface area contributed by atoms with Crippen LogP contribution in [0.4, 0.5) is 0 Å². The second-order valence-electron chi connectivity index (χ2n) is 6.89. The predicted octanol–water partition coefficient (Wildman–Crippen LogP) is 2.78. The summed E-state index contributed by atoms with van der Waals surface area (Å²) >= 11 is 0. The second-order valence-corrected chi connectivity index (χ2v) is 6.89. The van der Waals surface area contributed by atoms with Crippen molar-refractivity contribution in [1.82, 2.24) is 10.2 Å². The molecule has 2 aromatic carbocycles. The van der Waals surface area contributed by atoms with Crippen molar-refractivity contribution in [3.63, 3.8) is 0 Å². The zero-order valence-corrected chi connectivity index (χ0v) is 14.7. The molecule has 1 aliphatic rings. The Hall–Kier alpha value is -2.62. The van der Waals surface area contributed by atoms with Crippen LogP contribution in [0.2, 0.25) is 0 Å². The monoisotopic (exact) mass is 336 g/mol. The zero-order chi connectivity index (χ0) is 17.8. The highest BCUT2D eigenvalue weighted by Crippen LogP contribution is 2.21. The van der Waals surface area contributed by atoms with Crippen molar-refractivity contribution in [1.29, 1.82) is 0 Å². The minimum absolute atomic E-state index is 0.000570. The highest BCUT2D eigenvalue weighted by molar-refractivity contribution is 5.97. The van der Waals surface area contributed by atoms with E-state index in [9.17, 15) is 9.59 Å². The van der Waals surface area contributed by atoms with Crippen LogP contribution in [-0.2, 0) is 22.6 Å². The molecule has 1 saturated heterocycles. The van der Waals surface area contributed by atoms with Gasteiger partial charge in [0.05, 0.1) is 0 Å². The van der Waals surface area contributed by atoms with Crippen molar-refractivity contribution in [3.05, 3.63) is 71.8 Å². The number of rotatable bonds is 5. The molecular weight excluding hydrogens is 312 g/mol. The van der Waals surface area contributed by atoms with Gasteiger partial charge in [0.15, 0.2) is 0 Å². The number of benzene rings is 2. The fourth-order valence-electron chi connectivity index (χ4n) is 3.25. The van der Waals surface area contributed by atoms with Crippen molar-refractivity contribution >= 4 is 11.8 Å². The molecule has 2 unspecified atom stereocenters. The Morgan fingerprint density at radius 1 is 0.920 bits per heavy atom. The van der Waals surface area contributed by atoms with Crippen LogP contribution in [0.1, 0.15) is 25.0 Å². The lowest BCUT2D eigenvalue weighted by Crippen LogP contribution is -2.64. The van der Waals surface area contributed by atoms with Crippen LogP contribution in [-0.4, -0.2) is 28.8 Å². The fraction of sp³-hybridized carbons (Fsp3) is 0.333. The van der Waals surface area contributed by atoms with Gasteiger partial charge in [0.25, 0.3) is 0 Å². The maximum atomic E-state index is 13.0. The molecule has 0 spiro atoms. The van der Waals surface area contributed by atoms with E-state index < -0.39 is 12.1 Å². The quantitative estimate of drug-likeness (QED) is 0.913. The highest BCUT2D eigenvalue weighted by Gasteiger charge is 2.41. The van der Waals surface area contributed by atoms with Gasteiger partial charge >= 0.3 is 0 Å². The van der Waals surface area contributed by atoms with Gasteiger partial charge in [-0.15, -0.1) is 0 Å². The van der Waals surface area contributed by atoms with E-state index in [0.717, 1.165) is 11.1 Å². The lowest BCUT2D eigenvalue weighted by atomic mass is 9.94. The van der Waals surface area contributed by atoms with Crippen molar-refractivity contribution < 1.29 is 9.59 Å². The van der Waals surface area contributed by atoms with Crippen molar-refractivity contribution in [2.45, 2.75) is 38.9 Å². The molecule has 0 bridgehead atoms. The van der Waals surface area contributed by atoms with E-state index in [1.165, 1.54) is 0 Å². The lowest BCUT2D eigenvalue weighted by molar-refractivity contribution is -0.151. The van der Waals surface area contributed by atoms with Crippen LogP contribution < -0.4 is 5.32 Å². The number of amides is 2. The molecule has 3 rings (SSSR count). The summed E-state index contributed by atoms with van der Waals surface area (Å²) in [5, 5.41) is 2.92. The van der Waals surface area contributed by atoms with Crippen molar-refractivity contribution in [2.24, 2.45) is 5.92 Å². The summed E-state index contributed by atoms with van der Waals surface area (Å²) in [6.07, 6.45) is 0.524. The standard InChI is InChI=1S/C21H24N2O2/c1-15(2)19-21(25)23(14-17-11-7-4-8-12-17)18(20(24)22-19)13-16-9-5-3-6-10-16/h3-12,15,18-19H,13-14H2,1-2H3,(H,22,24). The first kappa shape index (κ1) is 17.2. The molecular formula is C21H24N2O2. The molecule has 2 atom stereocenters. The summed E-state index contributed by atoms with van der Waals surface area (Å²) in [5.41, 5.74) is 2.09. The second kappa shape index (κ2) is 7.51. The fourth-order valence-corrected chi connectivity index (χ4v) is 3.25. The Morgan fingerprint density at radius 3 is 2.04 bits per heavy atom. The molecule has 2 amide bonds. The van der Waals surface area contributed by atoms with Gasteiger partial charge in [-0.3, -0.25) is 9.59 Å². The molecule has 0 saturated carbocycles. The molecule has 25 heavy (non-hydrogen) atoms. The molecule has 1 heterocycles. The summed E-state index contributed by atoms with van der Waals surface area (Å²) in [6.45, 7) is 4.37. The summed E-state index contributed by atoms with van der Waals surface area (Å²) < 4.78 is 0. The average molecular weight is 336 g/mol. The first-order chi connectivity index (χ1) is 12.1. The molecule has 4 nitrogen and oxygen atoms in total. The molecule has 1 aliphatic heterocycles. The zero-order valence-electron chi connectivity index (χ0n) is 14.7. The third kappa shape index (κ3) is 3.90. The smallest absolute Gasteiger partial charge is 0.246 e. The Balaban J connectivity index is 1.89. The largest absolute Gasteiger partial charge is 0.342 e. The summed E-state index contributed by atoms with van der Waals surface area (Å²) in [5.74, 6) is -0.00938. The summed E-state index contributed by atoms with van der Waals surface area (Å²) in [6, 6.07) is 18.7. The number of nitrogens with zero attached hydrogens (tertiary/aromatic N) is 1. The van der Waals surface area contributed by atoms with Gasteiger partial charge < -0.3 is 10.2 Å². The van der Waals surface area contributed by atoms with E-state index in [4.69, 9.17) is 0 Å². The normalized spacial score (nSPS) is 20.7. The predicted molar refractivity (Wildman–Crippen MR) is 97.7 cm³/mol. The number of piperazine rings is 1. The number of hydrogen-bond donors (Lipinski definition) is 1. The van der Waals surface area contributed by atoms with Crippen LogP contribution >= 0.6 is 0 Å². The van der Waals surface area contributed by atoms with Gasteiger partial charge in [-0.1, -0.05) is 74.5 Å². The number of carbonyl (C=O) groups is 2. The molecule has 0 aliphatic carbocycles. The van der Waals surface area contributed by atoms with Crippen LogP contribution in [0.3, 0.4) is 0 Å². The van der Waals surface area contributed by atoms with E-state index in [1.807, 2.05) is 74.5 Å². The van der Waals surface area contributed by atoms with Crippen LogP contribution in [0, 0.1) is 5.92 Å². The molecule has 4 heteroatoms. The van der Waals surface area contributed by atoms with Crippen molar-refractivity contribution in [3.8, 4) is 0 Å². The summed E-state index contributed by atoms with van der Waals surface area (Å²) in [7, 11) is 0. The van der Waals surface area contributed by atoms with Gasteiger partial charge in [-0.2, -0.15) is 0 Å². The van der Waals surface area contributed by atoms with Gasteiger partial charge in [-0.25, -0.2) is 0 Å². The first-order valence-corrected chi connectivity index (χ1v) is 8.75. The summed E-state index contributed by atoms with van der Waals surface area (Å²) in [4.78, 5) is 27.5. The van der Waals surface area contributed by atoms with Gasteiger partial charge in [0.1, 0.15) is 12.1 Å². The van der Waals surface area contributed by atoms with E-state index in [-0.39, 0.29) is 17.7 Å². The Morgan fingerprint density at radius 2 is 1.48 bits per heavy atom. The van der Waals surface area contributed by atoms with E-state index in [1.54, 1.807) is 4.90 Å². The van der Waals surface area contributed by atoms with E-state index in [2.05, 4.69) is 5.32 Å². The molecule has 0 aromatic heterocycles. The molecule has 2 aromatic rings. The Bertz CT molecular complexity index is 728. The Labute approximate surface area is 148 Å². The topological polar surface area (TPSA) is 49.4 Å². The molecule has 0 radical (unpaired) electrons. The number of hydrogen-bond acceptors (Lipinski definition) is 2. The van der Waals surface area contributed by atoms with Gasteiger partial charge in [-0.05, 0) is 17.0 Å². The minimum Gasteiger partial charge on any atom is -0.342 e. The third-order valence-corrected chi connectivity index (χ3v) is 4.66. The first-order valence-electron chi connectivity index (χ1n) is 8.75.